The summed E-state index contributed by atoms with van der Waals surface area (Å²) in [6.45, 7) is 0.454. The summed E-state index contributed by atoms with van der Waals surface area (Å²) in [5.41, 5.74) is 0.987. The van der Waals surface area contributed by atoms with E-state index in [-0.39, 0.29) is 11.6 Å². The minimum Gasteiger partial charge on any atom is -0.497 e. The normalized spacial score (nSPS) is 10.7. The van der Waals surface area contributed by atoms with Crippen LogP contribution in [0.4, 0.5) is 11.6 Å². The Morgan fingerprint density at radius 1 is 1.43 bits per heavy atom. The van der Waals surface area contributed by atoms with E-state index in [1.54, 1.807) is 18.7 Å². The summed E-state index contributed by atoms with van der Waals surface area (Å²) >= 11 is 1.36. The predicted molar refractivity (Wildman–Crippen MR) is 80.0 cm³/mol. The fraction of sp³-hybridized carbons (Fsp3) is 0.154. The highest BCUT2D eigenvalue weighted by molar-refractivity contribution is 7.15. The Morgan fingerprint density at radius 2 is 2.19 bits per heavy atom. The number of hydrogen-bond donors (Lipinski definition) is 1. The van der Waals surface area contributed by atoms with Gasteiger partial charge in [-0.2, -0.15) is 9.38 Å². The second kappa shape index (κ2) is 5.41. The number of nitrogens with one attached hydrogen (secondary N) is 1. The molecule has 0 saturated carbocycles. The van der Waals surface area contributed by atoms with Gasteiger partial charge in [-0.15, -0.1) is 0 Å². The number of benzene rings is 1. The average molecular weight is 304 g/mol. The van der Waals surface area contributed by atoms with E-state index >= 15 is 0 Å². The van der Waals surface area contributed by atoms with Crippen LogP contribution < -0.4 is 10.1 Å². The van der Waals surface area contributed by atoms with Crippen molar-refractivity contribution in [2.75, 3.05) is 12.4 Å². The highest BCUT2D eigenvalue weighted by Crippen LogP contribution is 2.28. The molecule has 0 atom stereocenters. The number of hydrogen-bond acceptors (Lipinski definition) is 6. The van der Waals surface area contributed by atoms with Crippen LogP contribution in [0.25, 0.3) is 4.96 Å². The van der Waals surface area contributed by atoms with Gasteiger partial charge < -0.3 is 20.2 Å². The number of rotatable bonds is 5. The zero-order valence-corrected chi connectivity index (χ0v) is 12.0. The van der Waals surface area contributed by atoms with Crippen molar-refractivity contribution in [1.29, 1.82) is 0 Å². The number of fused-ring (bicyclic) bond motifs is 1. The van der Waals surface area contributed by atoms with Crippen molar-refractivity contribution in [2.24, 2.45) is 0 Å². The van der Waals surface area contributed by atoms with Gasteiger partial charge in [-0.05, 0) is 22.6 Å². The van der Waals surface area contributed by atoms with Crippen molar-refractivity contribution in [3.8, 4) is 5.75 Å². The first-order valence-electron chi connectivity index (χ1n) is 6.16. The molecule has 0 spiro atoms. The molecule has 0 aliphatic carbocycles. The Bertz CT molecular complexity index is 778. The lowest BCUT2D eigenvalue weighted by Gasteiger charge is -2.05. The molecule has 3 rings (SSSR count). The number of anilines is 1. The van der Waals surface area contributed by atoms with Gasteiger partial charge in [-0.3, -0.25) is 0 Å². The predicted octanol–water partition coefficient (Wildman–Crippen LogP) is 2.92. The molecular formula is C13H12N4O3S. The van der Waals surface area contributed by atoms with Gasteiger partial charge in [0.15, 0.2) is 0 Å². The fourth-order valence-electron chi connectivity index (χ4n) is 2.00. The number of aromatic nitrogens is 2. The lowest BCUT2D eigenvalue weighted by Crippen LogP contribution is -2.03. The molecule has 108 valence electrons. The first kappa shape index (κ1) is 13.4. The van der Waals surface area contributed by atoms with E-state index < -0.39 is 4.92 Å². The monoisotopic (exact) mass is 304 g/mol. The molecule has 1 N–H and O–H groups in total. The maximum atomic E-state index is 11.2. The largest absolute Gasteiger partial charge is 0.497 e. The van der Waals surface area contributed by atoms with Crippen LogP contribution in [0, 0.1) is 10.1 Å². The SMILES string of the molecule is COc1ccc(CNc2nc3sccn3c2[N+](=O)[O-])cc1. The summed E-state index contributed by atoms with van der Waals surface area (Å²) in [5, 5.41) is 16.0. The van der Waals surface area contributed by atoms with Gasteiger partial charge in [0.1, 0.15) is 11.9 Å². The lowest BCUT2D eigenvalue weighted by molar-refractivity contribution is -0.389. The van der Waals surface area contributed by atoms with Crippen molar-refractivity contribution in [3.63, 3.8) is 0 Å². The van der Waals surface area contributed by atoms with Gasteiger partial charge in [0.05, 0.1) is 7.11 Å². The zero-order valence-electron chi connectivity index (χ0n) is 11.1. The molecule has 0 amide bonds. The van der Waals surface area contributed by atoms with E-state index in [1.165, 1.54) is 15.7 Å². The molecule has 0 fully saturated rings. The second-order valence-electron chi connectivity index (χ2n) is 4.30. The minimum atomic E-state index is -0.428. The Labute approximate surface area is 124 Å². The molecule has 21 heavy (non-hydrogen) atoms. The summed E-state index contributed by atoms with van der Waals surface area (Å²) < 4.78 is 6.56. The topological polar surface area (TPSA) is 81.7 Å². The highest BCUT2D eigenvalue weighted by atomic mass is 32.1. The summed E-state index contributed by atoms with van der Waals surface area (Å²) in [4.78, 5) is 15.6. The average Bonchev–Trinajstić information content (AvgIpc) is 3.05. The van der Waals surface area contributed by atoms with Gasteiger partial charge >= 0.3 is 5.82 Å². The van der Waals surface area contributed by atoms with Crippen LogP contribution in [0.5, 0.6) is 5.75 Å². The molecule has 8 heteroatoms. The van der Waals surface area contributed by atoms with Crippen LogP contribution >= 0.6 is 11.3 Å². The van der Waals surface area contributed by atoms with E-state index in [0.717, 1.165) is 11.3 Å². The third-order valence-electron chi connectivity index (χ3n) is 3.03. The van der Waals surface area contributed by atoms with Crippen LogP contribution in [-0.4, -0.2) is 21.4 Å². The summed E-state index contributed by atoms with van der Waals surface area (Å²) in [6, 6.07) is 7.49. The maximum Gasteiger partial charge on any atom is 0.372 e. The molecule has 2 heterocycles. The van der Waals surface area contributed by atoms with E-state index in [1.807, 2.05) is 24.3 Å². The van der Waals surface area contributed by atoms with E-state index in [2.05, 4.69) is 10.3 Å². The van der Waals surface area contributed by atoms with Crippen LogP contribution in [0.1, 0.15) is 5.56 Å². The second-order valence-corrected chi connectivity index (χ2v) is 5.17. The molecule has 1 aromatic carbocycles. The smallest absolute Gasteiger partial charge is 0.372 e. The highest BCUT2D eigenvalue weighted by Gasteiger charge is 2.23. The number of methoxy groups -OCH3 is 1. The number of ether oxygens (including phenoxy) is 1. The van der Waals surface area contributed by atoms with Crippen molar-refractivity contribution < 1.29 is 9.66 Å². The van der Waals surface area contributed by atoms with Crippen molar-refractivity contribution in [2.45, 2.75) is 6.54 Å². The Morgan fingerprint density at radius 3 is 2.86 bits per heavy atom. The van der Waals surface area contributed by atoms with Gasteiger partial charge in [0.25, 0.3) is 4.96 Å². The molecular weight excluding hydrogens is 292 g/mol. The molecule has 7 nitrogen and oxygen atoms in total. The minimum absolute atomic E-state index is 0.0419. The molecule has 0 saturated heterocycles. The lowest BCUT2D eigenvalue weighted by atomic mass is 10.2. The van der Waals surface area contributed by atoms with E-state index in [0.29, 0.717) is 11.5 Å². The van der Waals surface area contributed by atoms with E-state index in [9.17, 15) is 10.1 Å². The Balaban J connectivity index is 1.82. The number of imidazole rings is 1. The number of nitro groups is 1. The zero-order chi connectivity index (χ0) is 14.8. The summed E-state index contributed by atoms with van der Waals surface area (Å²) in [7, 11) is 1.61. The molecule has 0 bridgehead atoms. The van der Waals surface area contributed by atoms with Crippen LogP contribution in [0.3, 0.4) is 0 Å². The van der Waals surface area contributed by atoms with Crippen molar-refractivity contribution in [1.82, 2.24) is 9.38 Å². The van der Waals surface area contributed by atoms with E-state index in [4.69, 9.17) is 4.74 Å². The molecule has 0 radical (unpaired) electrons. The molecule has 0 aliphatic heterocycles. The number of nitrogens with zero attached hydrogens (tertiary/aromatic N) is 3. The fourth-order valence-corrected chi connectivity index (χ4v) is 2.71. The first-order valence-corrected chi connectivity index (χ1v) is 7.04. The van der Waals surface area contributed by atoms with Crippen LogP contribution in [0.2, 0.25) is 0 Å². The van der Waals surface area contributed by atoms with Crippen LogP contribution in [0.15, 0.2) is 35.8 Å². The maximum absolute atomic E-state index is 11.2. The number of thiazole rings is 1. The quantitative estimate of drug-likeness (QED) is 0.579. The standard InChI is InChI=1S/C13H12N4O3S/c1-20-10-4-2-9(3-5-10)8-14-11-12(17(18)19)16-6-7-21-13(16)15-11/h2-7,14H,8H2,1H3. The third kappa shape index (κ3) is 2.52. The van der Waals surface area contributed by atoms with Crippen molar-refractivity contribution >= 4 is 27.9 Å². The van der Waals surface area contributed by atoms with Gasteiger partial charge in [0.2, 0.25) is 5.82 Å². The molecule has 0 aliphatic rings. The first-order chi connectivity index (χ1) is 10.2. The molecule has 3 aromatic rings. The van der Waals surface area contributed by atoms with Crippen molar-refractivity contribution in [3.05, 3.63) is 51.5 Å². The molecule has 0 unspecified atom stereocenters. The Kier molecular flexibility index (Phi) is 3.44. The van der Waals surface area contributed by atoms with Gasteiger partial charge in [-0.25, -0.2) is 0 Å². The Hall–Kier alpha value is -2.61. The van der Waals surface area contributed by atoms with Gasteiger partial charge in [-0.1, -0.05) is 23.5 Å². The van der Waals surface area contributed by atoms with Gasteiger partial charge in [0, 0.05) is 11.9 Å². The third-order valence-corrected chi connectivity index (χ3v) is 3.79. The summed E-state index contributed by atoms with van der Waals surface area (Å²) in [5.74, 6) is 1.01. The summed E-state index contributed by atoms with van der Waals surface area (Å²) in [6.07, 6.45) is 1.64. The van der Waals surface area contributed by atoms with Crippen LogP contribution in [-0.2, 0) is 6.54 Å². The molecule has 2 aromatic heterocycles.